The summed E-state index contributed by atoms with van der Waals surface area (Å²) >= 11 is 0. The number of anilines is 1. The molecule has 0 bridgehead atoms. The van der Waals surface area contributed by atoms with Gasteiger partial charge in [0.25, 0.3) is 0 Å². The van der Waals surface area contributed by atoms with E-state index in [4.69, 9.17) is 4.98 Å². The predicted octanol–water partition coefficient (Wildman–Crippen LogP) is 2.28. The number of carboxylic acids is 1. The van der Waals surface area contributed by atoms with Crippen LogP contribution in [-0.2, 0) is 32.5 Å². The van der Waals surface area contributed by atoms with Gasteiger partial charge in [-0.05, 0) is 82.8 Å². The van der Waals surface area contributed by atoms with E-state index in [-0.39, 0.29) is 24.4 Å². The van der Waals surface area contributed by atoms with Crippen LogP contribution >= 0.6 is 0 Å². The Morgan fingerprint density at radius 1 is 1.15 bits per heavy atom. The summed E-state index contributed by atoms with van der Waals surface area (Å²) in [5.74, 6) is -1.06. The van der Waals surface area contributed by atoms with E-state index in [9.17, 15) is 23.1 Å². The normalized spacial score (nSPS) is 16.7. The topological polar surface area (TPSA) is 132 Å². The number of pyridine rings is 1. The molecule has 0 spiro atoms. The first-order valence-electron chi connectivity index (χ1n) is 13.6. The Labute approximate surface area is 230 Å². The summed E-state index contributed by atoms with van der Waals surface area (Å²) in [5.41, 5.74) is 3.33. The molecule has 1 atom stereocenters. The SMILES string of the molecule is Cc1ccc(S(=O)(=O)N2CC(C(=O)N[C@@H](CCN(C)CCCCc3ccc4c(n3)NCCC4)C(=O)O)C2)cc1. The summed E-state index contributed by atoms with van der Waals surface area (Å²) in [4.78, 5) is 31.4. The minimum Gasteiger partial charge on any atom is -0.480 e. The second kappa shape index (κ2) is 12.9. The van der Waals surface area contributed by atoms with Crippen molar-refractivity contribution in [3.8, 4) is 0 Å². The fourth-order valence-corrected chi connectivity index (χ4v) is 6.39. The van der Waals surface area contributed by atoms with Crippen molar-refractivity contribution in [2.45, 2.75) is 56.4 Å². The van der Waals surface area contributed by atoms with Crippen LogP contribution in [0.15, 0.2) is 41.3 Å². The van der Waals surface area contributed by atoms with Crippen molar-refractivity contribution in [1.82, 2.24) is 19.5 Å². The van der Waals surface area contributed by atoms with Crippen molar-refractivity contribution in [1.29, 1.82) is 0 Å². The van der Waals surface area contributed by atoms with Gasteiger partial charge in [0.2, 0.25) is 15.9 Å². The number of aromatic nitrogens is 1. The van der Waals surface area contributed by atoms with E-state index >= 15 is 0 Å². The predicted molar refractivity (Wildman–Crippen MR) is 149 cm³/mol. The highest BCUT2D eigenvalue weighted by Crippen LogP contribution is 2.26. The molecular formula is C28H39N5O5S. The minimum atomic E-state index is -3.66. The Balaban J connectivity index is 1.16. The highest BCUT2D eigenvalue weighted by molar-refractivity contribution is 7.89. The highest BCUT2D eigenvalue weighted by Gasteiger charge is 2.41. The van der Waals surface area contributed by atoms with E-state index < -0.39 is 33.9 Å². The van der Waals surface area contributed by atoms with Gasteiger partial charge in [-0.25, -0.2) is 18.2 Å². The van der Waals surface area contributed by atoms with Gasteiger partial charge < -0.3 is 20.6 Å². The lowest BCUT2D eigenvalue weighted by molar-refractivity contribution is -0.143. The van der Waals surface area contributed by atoms with Crippen molar-refractivity contribution in [2.75, 3.05) is 45.1 Å². The zero-order chi connectivity index (χ0) is 28.0. The summed E-state index contributed by atoms with van der Waals surface area (Å²) in [7, 11) is -1.72. The van der Waals surface area contributed by atoms with Gasteiger partial charge in [0.05, 0.1) is 10.8 Å². The van der Waals surface area contributed by atoms with Crippen LogP contribution in [0.5, 0.6) is 0 Å². The molecule has 1 aromatic heterocycles. The van der Waals surface area contributed by atoms with E-state index in [2.05, 4.69) is 27.7 Å². The molecule has 0 saturated carbocycles. The number of fused-ring (bicyclic) bond motifs is 1. The molecule has 3 heterocycles. The van der Waals surface area contributed by atoms with Crippen LogP contribution < -0.4 is 10.6 Å². The van der Waals surface area contributed by atoms with E-state index in [0.717, 1.165) is 62.3 Å². The number of benzene rings is 1. The number of unbranched alkanes of at least 4 members (excludes halogenated alkanes) is 1. The average Bonchev–Trinajstić information content (AvgIpc) is 2.88. The van der Waals surface area contributed by atoms with E-state index in [1.807, 2.05) is 14.0 Å². The number of rotatable bonds is 13. The maximum absolute atomic E-state index is 12.7. The van der Waals surface area contributed by atoms with Gasteiger partial charge in [0.15, 0.2) is 0 Å². The van der Waals surface area contributed by atoms with E-state index in [1.165, 1.54) is 9.87 Å². The third kappa shape index (κ3) is 7.55. The number of nitrogens with zero attached hydrogens (tertiary/aromatic N) is 3. The van der Waals surface area contributed by atoms with Gasteiger partial charge in [-0.3, -0.25) is 4.79 Å². The maximum atomic E-state index is 12.7. The third-order valence-corrected chi connectivity index (χ3v) is 9.31. The molecule has 0 aliphatic carbocycles. The molecule has 2 aromatic rings. The summed E-state index contributed by atoms with van der Waals surface area (Å²) < 4.78 is 26.7. The number of sulfonamides is 1. The quantitative estimate of drug-likeness (QED) is 0.320. The van der Waals surface area contributed by atoms with Crippen molar-refractivity contribution < 1.29 is 23.1 Å². The summed E-state index contributed by atoms with van der Waals surface area (Å²) in [5, 5.41) is 15.6. The molecule has 1 amide bonds. The number of aryl methyl sites for hydroxylation is 3. The molecule has 10 nitrogen and oxygen atoms in total. The number of carboxylic acid groups (broad SMARTS) is 1. The van der Waals surface area contributed by atoms with Crippen molar-refractivity contribution in [3.05, 3.63) is 53.2 Å². The fourth-order valence-electron chi connectivity index (χ4n) is 4.86. The van der Waals surface area contributed by atoms with Crippen LogP contribution in [0, 0.1) is 12.8 Å². The molecule has 11 heteroatoms. The number of amides is 1. The third-order valence-electron chi connectivity index (χ3n) is 7.47. The van der Waals surface area contributed by atoms with Crippen molar-refractivity contribution in [3.63, 3.8) is 0 Å². The van der Waals surface area contributed by atoms with Gasteiger partial charge in [-0.2, -0.15) is 4.31 Å². The molecular weight excluding hydrogens is 518 g/mol. The van der Waals surface area contributed by atoms with Gasteiger partial charge in [-0.15, -0.1) is 0 Å². The fraction of sp³-hybridized carbons (Fsp3) is 0.536. The number of aliphatic carboxylic acids is 1. The number of carbonyl (C=O) groups is 2. The number of nitrogens with one attached hydrogen (secondary N) is 2. The summed E-state index contributed by atoms with van der Waals surface area (Å²) in [6.07, 6.45) is 5.33. The lowest BCUT2D eigenvalue weighted by Crippen LogP contribution is -2.57. The number of hydrogen-bond acceptors (Lipinski definition) is 7. The molecule has 212 valence electrons. The summed E-state index contributed by atoms with van der Waals surface area (Å²) in [6.45, 7) is 4.28. The van der Waals surface area contributed by atoms with E-state index in [1.54, 1.807) is 24.3 Å². The Kier molecular flexibility index (Phi) is 9.58. The Morgan fingerprint density at radius 2 is 1.90 bits per heavy atom. The van der Waals surface area contributed by atoms with Crippen LogP contribution in [0.3, 0.4) is 0 Å². The monoisotopic (exact) mass is 557 g/mol. The number of hydrogen-bond donors (Lipinski definition) is 3. The van der Waals surface area contributed by atoms with Crippen LogP contribution in [0.2, 0.25) is 0 Å². The standard InChI is InChI=1S/C28H39N5O5S/c1-20-8-12-24(13-9-20)39(37,38)33-18-22(19-33)27(34)31-25(28(35)36)14-17-32(2)16-4-3-7-23-11-10-21-6-5-15-29-26(21)30-23/h8-13,22,25H,3-7,14-19H2,1-2H3,(H,29,30)(H,31,34)(H,35,36)/t25-/m0/s1. The van der Waals surface area contributed by atoms with Crippen molar-refractivity contribution >= 4 is 27.7 Å². The van der Waals surface area contributed by atoms with Gasteiger partial charge >= 0.3 is 5.97 Å². The molecule has 2 aliphatic heterocycles. The molecule has 2 aliphatic rings. The second-order valence-electron chi connectivity index (χ2n) is 10.6. The van der Waals surface area contributed by atoms with Crippen LogP contribution in [0.1, 0.15) is 42.5 Å². The zero-order valence-electron chi connectivity index (χ0n) is 22.7. The lowest BCUT2D eigenvalue weighted by atomic mass is 10.0. The molecule has 0 unspecified atom stereocenters. The minimum absolute atomic E-state index is 0.0451. The van der Waals surface area contributed by atoms with Gasteiger partial charge in [0.1, 0.15) is 11.9 Å². The van der Waals surface area contributed by atoms with Crippen LogP contribution in [0.4, 0.5) is 5.82 Å². The Hall–Kier alpha value is -3.02. The van der Waals surface area contributed by atoms with E-state index in [0.29, 0.717) is 6.54 Å². The molecule has 3 N–H and O–H groups in total. The molecule has 1 aromatic carbocycles. The smallest absolute Gasteiger partial charge is 0.326 e. The van der Waals surface area contributed by atoms with Crippen LogP contribution in [-0.4, -0.2) is 85.4 Å². The lowest BCUT2D eigenvalue weighted by Gasteiger charge is -2.37. The maximum Gasteiger partial charge on any atom is 0.326 e. The first-order chi connectivity index (χ1) is 18.6. The highest BCUT2D eigenvalue weighted by atomic mass is 32.2. The average molecular weight is 558 g/mol. The van der Waals surface area contributed by atoms with Crippen LogP contribution in [0.25, 0.3) is 0 Å². The molecule has 0 radical (unpaired) electrons. The number of carbonyl (C=O) groups excluding carboxylic acids is 1. The summed E-state index contributed by atoms with van der Waals surface area (Å²) in [6, 6.07) is 9.82. The second-order valence-corrected chi connectivity index (χ2v) is 12.6. The van der Waals surface area contributed by atoms with Crippen molar-refractivity contribution in [2.24, 2.45) is 5.92 Å². The Morgan fingerprint density at radius 3 is 2.62 bits per heavy atom. The first-order valence-corrected chi connectivity index (χ1v) is 15.1. The van der Waals surface area contributed by atoms with Gasteiger partial charge in [0, 0.05) is 31.9 Å². The molecule has 1 saturated heterocycles. The molecule has 1 fully saturated rings. The van der Waals surface area contributed by atoms with Gasteiger partial charge in [-0.1, -0.05) is 23.8 Å². The Bertz CT molecular complexity index is 1260. The molecule has 4 rings (SSSR count). The molecule has 39 heavy (non-hydrogen) atoms. The largest absolute Gasteiger partial charge is 0.480 e. The zero-order valence-corrected chi connectivity index (χ0v) is 23.5. The first kappa shape index (κ1) is 29.0.